The quantitative estimate of drug-likeness (QED) is 0.705. The molecule has 76 valence electrons. The third-order valence-corrected chi connectivity index (χ3v) is 2.78. The molecule has 0 aliphatic carbocycles. The Morgan fingerprint density at radius 1 is 1.54 bits per heavy atom. The van der Waals surface area contributed by atoms with Crippen molar-refractivity contribution >= 4 is 5.78 Å². The Kier molecular flexibility index (Phi) is 3.88. The number of nitrogens with two attached hydrogens (primary N) is 1. The summed E-state index contributed by atoms with van der Waals surface area (Å²) in [5.74, 6) is 0.280. The third-order valence-electron chi connectivity index (χ3n) is 2.78. The number of carbonyl (C=O) groups excluding carboxylic acids is 1. The van der Waals surface area contributed by atoms with Crippen molar-refractivity contribution in [3.63, 3.8) is 0 Å². The minimum absolute atomic E-state index is 0.280. The van der Waals surface area contributed by atoms with Crippen molar-refractivity contribution in [2.45, 2.75) is 45.2 Å². The molecule has 1 saturated heterocycles. The van der Waals surface area contributed by atoms with Crippen LogP contribution in [0.2, 0.25) is 0 Å². The second-order valence-electron chi connectivity index (χ2n) is 4.13. The van der Waals surface area contributed by atoms with Gasteiger partial charge in [-0.2, -0.15) is 0 Å². The van der Waals surface area contributed by atoms with E-state index in [1.807, 2.05) is 0 Å². The molecule has 1 unspecified atom stereocenters. The summed E-state index contributed by atoms with van der Waals surface area (Å²) in [7, 11) is 0. The highest BCUT2D eigenvalue weighted by Crippen LogP contribution is 2.13. The van der Waals surface area contributed by atoms with Crippen LogP contribution in [0.25, 0.3) is 0 Å². The van der Waals surface area contributed by atoms with Gasteiger partial charge in [0, 0.05) is 18.5 Å². The zero-order valence-electron chi connectivity index (χ0n) is 8.62. The molecule has 3 nitrogen and oxygen atoms in total. The van der Waals surface area contributed by atoms with Crippen LogP contribution < -0.4 is 5.73 Å². The van der Waals surface area contributed by atoms with E-state index in [-0.39, 0.29) is 5.78 Å². The molecule has 0 aromatic heterocycles. The number of hydrogen-bond acceptors (Lipinski definition) is 3. The Balaban J connectivity index is 2.31. The standard InChI is InChI=1S/C10H20N2O/c1-8(7-9(2)13)12-5-3-10(11)4-6-12/h8,10H,3-7,11H2,1-2H3. The molecule has 0 aromatic rings. The summed E-state index contributed by atoms with van der Waals surface area (Å²) in [5, 5.41) is 0. The average molecular weight is 184 g/mol. The van der Waals surface area contributed by atoms with Crippen molar-refractivity contribution in [3.05, 3.63) is 0 Å². The Bertz CT molecular complexity index is 174. The summed E-state index contributed by atoms with van der Waals surface area (Å²) in [6.07, 6.45) is 2.82. The summed E-state index contributed by atoms with van der Waals surface area (Å²) < 4.78 is 0. The van der Waals surface area contributed by atoms with Gasteiger partial charge in [-0.05, 0) is 39.8 Å². The van der Waals surface area contributed by atoms with Crippen LogP contribution >= 0.6 is 0 Å². The molecule has 1 heterocycles. The molecular weight excluding hydrogens is 164 g/mol. The Morgan fingerprint density at radius 2 is 2.08 bits per heavy atom. The van der Waals surface area contributed by atoms with E-state index in [0.717, 1.165) is 25.9 Å². The molecular formula is C10H20N2O. The van der Waals surface area contributed by atoms with Crippen LogP contribution in [-0.2, 0) is 4.79 Å². The van der Waals surface area contributed by atoms with Gasteiger partial charge in [0.1, 0.15) is 5.78 Å². The van der Waals surface area contributed by atoms with Gasteiger partial charge in [0.25, 0.3) is 0 Å². The highest BCUT2D eigenvalue weighted by molar-refractivity contribution is 5.76. The third kappa shape index (κ3) is 3.44. The van der Waals surface area contributed by atoms with E-state index in [4.69, 9.17) is 5.73 Å². The topological polar surface area (TPSA) is 46.3 Å². The minimum Gasteiger partial charge on any atom is -0.328 e. The van der Waals surface area contributed by atoms with Gasteiger partial charge in [-0.15, -0.1) is 0 Å². The maximum absolute atomic E-state index is 10.9. The number of nitrogens with zero attached hydrogens (tertiary/aromatic N) is 1. The Morgan fingerprint density at radius 3 is 2.54 bits per heavy atom. The molecule has 0 amide bonds. The molecule has 1 aliphatic heterocycles. The van der Waals surface area contributed by atoms with Crippen LogP contribution in [0, 0.1) is 0 Å². The lowest BCUT2D eigenvalue weighted by atomic mass is 10.0. The molecule has 1 atom stereocenters. The van der Waals surface area contributed by atoms with E-state index in [2.05, 4.69) is 11.8 Å². The smallest absolute Gasteiger partial charge is 0.131 e. The van der Waals surface area contributed by atoms with Crippen molar-refractivity contribution < 1.29 is 4.79 Å². The lowest BCUT2D eigenvalue weighted by Crippen LogP contribution is -2.44. The van der Waals surface area contributed by atoms with Crippen molar-refractivity contribution in [1.82, 2.24) is 4.90 Å². The Labute approximate surface area is 80.3 Å². The average Bonchev–Trinajstić information content (AvgIpc) is 2.04. The van der Waals surface area contributed by atoms with Gasteiger partial charge in [-0.25, -0.2) is 0 Å². The Hall–Kier alpha value is -0.410. The zero-order chi connectivity index (χ0) is 9.84. The van der Waals surface area contributed by atoms with Crippen molar-refractivity contribution in [2.24, 2.45) is 5.73 Å². The van der Waals surface area contributed by atoms with Gasteiger partial charge in [0.05, 0.1) is 0 Å². The van der Waals surface area contributed by atoms with E-state index >= 15 is 0 Å². The number of hydrogen-bond donors (Lipinski definition) is 1. The minimum atomic E-state index is 0.280. The van der Waals surface area contributed by atoms with E-state index in [9.17, 15) is 4.79 Å². The summed E-state index contributed by atoms with van der Waals surface area (Å²) in [5.41, 5.74) is 5.80. The van der Waals surface area contributed by atoms with E-state index in [0.29, 0.717) is 18.5 Å². The van der Waals surface area contributed by atoms with Gasteiger partial charge in [-0.3, -0.25) is 4.79 Å². The molecule has 1 rings (SSSR count). The van der Waals surface area contributed by atoms with Gasteiger partial charge < -0.3 is 10.6 Å². The van der Waals surface area contributed by atoms with Crippen LogP contribution in [0.3, 0.4) is 0 Å². The predicted molar refractivity (Wildman–Crippen MR) is 53.5 cm³/mol. The summed E-state index contributed by atoms with van der Waals surface area (Å²) >= 11 is 0. The number of Topliss-reactive ketones (excluding diaryl/α,β-unsaturated/α-hetero) is 1. The van der Waals surface area contributed by atoms with Crippen LogP contribution in [0.15, 0.2) is 0 Å². The maximum atomic E-state index is 10.9. The zero-order valence-corrected chi connectivity index (χ0v) is 8.62. The molecule has 0 aromatic carbocycles. The number of likely N-dealkylation sites (tertiary alicyclic amines) is 1. The van der Waals surface area contributed by atoms with Crippen LogP contribution in [0.1, 0.15) is 33.1 Å². The fourth-order valence-electron chi connectivity index (χ4n) is 1.91. The van der Waals surface area contributed by atoms with Crippen LogP contribution in [0.4, 0.5) is 0 Å². The summed E-state index contributed by atoms with van der Waals surface area (Å²) in [6.45, 7) is 5.88. The van der Waals surface area contributed by atoms with E-state index in [1.165, 1.54) is 0 Å². The van der Waals surface area contributed by atoms with E-state index < -0.39 is 0 Å². The monoisotopic (exact) mass is 184 g/mol. The van der Waals surface area contributed by atoms with Gasteiger partial charge >= 0.3 is 0 Å². The molecule has 0 bridgehead atoms. The molecule has 2 N–H and O–H groups in total. The second kappa shape index (κ2) is 4.72. The predicted octanol–water partition coefficient (Wildman–Crippen LogP) is 0.777. The molecule has 0 spiro atoms. The lowest BCUT2D eigenvalue weighted by Gasteiger charge is -2.34. The molecule has 0 saturated carbocycles. The number of ketones is 1. The highest BCUT2D eigenvalue weighted by atomic mass is 16.1. The maximum Gasteiger partial charge on any atom is 0.131 e. The highest BCUT2D eigenvalue weighted by Gasteiger charge is 2.20. The first-order valence-electron chi connectivity index (χ1n) is 5.08. The molecule has 1 aliphatic rings. The van der Waals surface area contributed by atoms with Crippen molar-refractivity contribution in [1.29, 1.82) is 0 Å². The largest absolute Gasteiger partial charge is 0.328 e. The lowest BCUT2D eigenvalue weighted by molar-refractivity contribution is -0.118. The number of rotatable bonds is 3. The second-order valence-corrected chi connectivity index (χ2v) is 4.13. The summed E-state index contributed by atoms with van der Waals surface area (Å²) in [4.78, 5) is 13.3. The first kappa shape index (κ1) is 10.7. The first-order valence-corrected chi connectivity index (χ1v) is 5.08. The first-order chi connectivity index (χ1) is 6.09. The fraction of sp³-hybridized carbons (Fsp3) is 0.900. The SMILES string of the molecule is CC(=O)CC(C)N1CCC(N)CC1. The van der Waals surface area contributed by atoms with Gasteiger partial charge in [0.2, 0.25) is 0 Å². The van der Waals surface area contributed by atoms with Crippen molar-refractivity contribution in [3.8, 4) is 0 Å². The fourth-order valence-corrected chi connectivity index (χ4v) is 1.91. The van der Waals surface area contributed by atoms with Gasteiger partial charge in [-0.1, -0.05) is 0 Å². The molecule has 1 fully saturated rings. The van der Waals surface area contributed by atoms with Crippen LogP contribution in [-0.4, -0.2) is 35.9 Å². The summed E-state index contributed by atoms with van der Waals surface area (Å²) in [6, 6.07) is 0.769. The molecule has 3 heteroatoms. The van der Waals surface area contributed by atoms with Gasteiger partial charge in [0.15, 0.2) is 0 Å². The number of piperidine rings is 1. The molecule has 0 radical (unpaired) electrons. The number of carbonyl (C=O) groups is 1. The van der Waals surface area contributed by atoms with Crippen molar-refractivity contribution in [2.75, 3.05) is 13.1 Å². The molecule has 13 heavy (non-hydrogen) atoms. The van der Waals surface area contributed by atoms with E-state index in [1.54, 1.807) is 6.92 Å². The van der Waals surface area contributed by atoms with Crippen LogP contribution in [0.5, 0.6) is 0 Å². The normalized spacial score (nSPS) is 23.0.